The van der Waals surface area contributed by atoms with Crippen LogP contribution in [0, 0.1) is 5.92 Å². The van der Waals surface area contributed by atoms with Crippen LogP contribution >= 0.6 is 12.4 Å². The van der Waals surface area contributed by atoms with Gasteiger partial charge >= 0.3 is 0 Å². The van der Waals surface area contributed by atoms with E-state index in [0.29, 0.717) is 24.5 Å². The third-order valence-electron chi connectivity index (χ3n) is 4.18. The highest BCUT2D eigenvalue weighted by Crippen LogP contribution is 2.30. The lowest BCUT2D eigenvalue weighted by molar-refractivity contribution is -0.119. The molecular weight excluding hydrogens is 378 g/mol. The van der Waals surface area contributed by atoms with E-state index in [-0.39, 0.29) is 30.2 Å². The highest BCUT2D eigenvalue weighted by molar-refractivity contribution is 7.92. The third kappa shape index (κ3) is 4.75. The minimum absolute atomic E-state index is 0. The number of hydrogen-bond acceptors (Lipinski definition) is 5. The Morgan fingerprint density at radius 1 is 1.27 bits per heavy atom. The number of nitrogens with one attached hydrogen (secondary N) is 3. The summed E-state index contributed by atoms with van der Waals surface area (Å²) in [6, 6.07) is 6.74. The molecule has 26 heavy (non-hydrogen) atoms. The van der Waals surface area contributed by atoms with E-state index in [1.54, 1.807) is 35.1 Å². The second-order valence-corrected chi connectivity index (χ2v) is 7.98. The van der Waals surface area contributed by atoms with Gasteiger partial charge in [-0.25, -0.2) is 8.42 Å². The third-order valence-corrected chi connectivity index (χ3v) is 4.77. The summed E-state index contributed by atoms with van der Waals surface area (Å²) in [7, 11) is -1.59. The quantitative estimate of drug-likeness (QED) is 0.699. The molecule has 1 aliphatic rings. The normalized spacial score (nSPS) is 19.6. The average Bonchev–Trinajstić information content (AvgIpc) is 3.16. The zero-order valence-electron chi connectivity index (χ0n) is 14.5. The summed E-state index contributed by atoms with van der Waals surface area (Å²) in [5, 5.41) is 10.3. The van der Waals surface area contributed by atoms with Gasteiger partial charge in [-0.1, -0.05) is 12.1 Å². The topological polar surface area (TPSA) is 105 Å². The summed E-state index contributed by atoms with van der Waals surface area (Å²) < 4.78 is 27.1. The Morgan fingerprint density at radius 2 is 1.96 bits per heavy atom. The zero-order valence-corrected chi connectivity index (χ0v) is 16.1. The largest absolute Gasteiger partial charge is 0.324 e. The molecule has 2 atom stereocenters. The second kappa shape index (κ2) is 8.07. The highest BCUT2D eigenvalue weighted by atomic mass is 35.5. The lowest BCUT2D eigenvalue weighted by Gasteiger charge is -2.18. The Balaban J connectivity index is 0.00000243. The first kappa shape index (κ1) is 20.2. The van der Waals surface area contributed by atoms with Gasteiger partial charge in [0.2, 0.25) is 15.9 Å². The molecule has 2 heterocycles. The maximum atomic E-state index is 12.8. The molecule has 1 amide bonds. The van der Waals surface area contributed by atoms with E-state index in [1.165, 1.54) is 0 Å². The van der Waals surface area contributed by atoms with E-state index in [1.807, 2.05) is 13.2 Å². The number of hydrogen-bond donors (Lipinski definition) is 3. The zero-order chi connectivity index (χ0) is 18.0. The van der Waals surface area contributed by atoms with Crippen molar-refractivity contribution in [2.24, 2.45) is 13.0 Å². The predicted octanol–water partition coefficient (Wildman–Crippen LogP) is 1.16. The van der Waals surface area contributed by atoms with Crippen LogP contribution in [0.5, 0.6) is 0 Å². The maximum Gasteiger partial charge on any atom is 0.229 e. The van der Waals surface area contributed by atoms with Gasteiger partial charge in [0, 0.05) is 32.3 Å². The second-order valence-electron chi connectivity index (χ2n) is 6.23. The lowest BCUT2D eigenvalue weighted by Crippen LogP contribution is -2.28. The first-order chi connectivity index (χ1) is 11.8. The predicted molar refractivity (Wildman–Crippen MR) is 103 cm³/mol. The Labute approximate surface area is 158 Å². The van der Waals surface area contributed by atoms with Gasteiger partial charge in [-0.05, 0) is 17.7 Å². The molecule has 1 aromatic heterocycles. The SMILES string of the molecule is Cl.Cn1cc([C@H]2CNC[C@@H]2C(=O)Nc2ccccc2NS(C)(=O)=O)cn1. The minimum atomic E-state index is -3.43. The number of carbonyl (C=O) groups is 1. The molecule has 0 spiro atoms. The van der Waals surface area contributed by atoms with Crippen LogP contribution in [0.15, 0.2) is 36.7 Å². The summed E-state index contributed by atoms with van der Waals surface area (Å²) in [6.45, 7) is 1.26. The van der Waals surface area contributed by atoms with Gasteiger partial charge in [-0.15, -0.1) is 12.4 Å². The van der Waals surface area contributed by atoms with Gasteiger partial charge in [0.25, 0.3) is 0 Å². The van der Waals surface area contributed by atoms with Gasteiger partial charge < -0.3 is 10.6 Å². The number of carbonyl (C=O) groups excluding carboxylic acids is 1. The van der Waals surface area contributed by atoms with Crippen molar-refractivity contribution in [3.8, 4) is 0 Å². The van der Waals surface area contributed by atoms with Crippen molar-refractivity contribution >= 4 is 39.7 Å². The van der Waals surface area contributed by atoms with Gasteiger partial charge in [0.05, 0.1) is 29.7 Å². The Bertz CT molecular complexity index is 884. The fraction of sp³-hybridized carbons (Fsp3) is 0.375. The van der Waals surface area contributed by atoms with Crippen molar-refractivity contribution in [2.75, 3.05) is 29.4 Å². The van der Waals surface area contributed by atoms with Gasteiger partial charge in [0.15, 0.2) is 0 Å². The molecule has 1 aromatic carbocycles. The number of para-hydroxylation sites is 2. The smallest absolute Gasteiger partial charge is 0.229 e. The molecule has 2 aromatic rings. The van der Waals surface area contributed by atoms with Gasteiger partial charge in [0.1, 0.15) is 0 Å². The molecule has 0 radical (unpaired) electrons. The number of aromatic nitrogens is 2. The average molecular weight is 400 g/mol. The number of rotatable bonds is 5. The summed E-state index contributed by atoms with van der Waals surface area (Å²) in [5.41, 5.74) is 1.80. The summed E-state index contributed by atoms with van der Waals surface area (Å²) in [5.74, 6) is -0.374. The molecular formula is C16H22ClN5O3S. The number of sulfonamides is 1. The molecule has 1 saturated heterocycles. The first-order valence-electron chi connectivity index (χ1n) is 7.90. The molecule has 0 bridgehead atoms. The number of nitrogens with zero attached hydrogens (tertiary/aromatic N) is 2. The lowest BCUT2D eigenvalue weighted by atomic mass is 9.90. The molecule has 3 rings (SSSR count). The van der Waals surface area contributed by atoms with Crippen LogP contribution in [0.25, 0.3) is 0 Å². The van der Waals surface area contributed by atoms with Crippen molar-refractivity contribution < 1.29 is 13.2 Å². The van der Waals surface area contributed by atoms with Crippen molar-refractivity contribution in [2.45, 2.75) is 5.92 Å². The fourth-order valence-corrected chi connectivity index (χ4v) is 3.62. The van der Waals surface area contributed by atoms with E-state index < -0.39 is 10.0 Å². The van der Waals surface area contributed by atoms with E-state index in [2.05, 4.69) is 20.5 Å². The van der Waals surface area contributed by atoms with E-state index >= 15 is 0 Å². The van der Waals surface area contributed by atoms with Crippen LogP contribution < -0.4 is 15.4 Å². The molecule has 0 unspecified atom stereocenters. The highest BCUT2D eigenvalue weighted by Gasteiger charge is 2.35. The van der Waals surface area contributed by atoms with Crippen LogP contribution in [0.1, 0.15) is 11.5 Å². The van der Waals surface area contributed by atoms with Gasteiger partial charge in [-0.2, -0.15) is 5.10 Å². The maximum absolute atomic E-state index is 12.8. The van der Waals surface area contributed by atoms with Crippen LogP contribution in [-0.4, -0.2) is 43.5 Å². The summed E-state index contributed by atoms with van der Waals surface area (Å²) in [6.07, 6.45) is 4.76. The van der Waals surface area contributed by atoms with Crippen molar-refractivity contribution in [3.63, 3.8) is 0 Å². The molecule has 142 valence electrons. The monoisotopic (exact) mass is 399 g/mol. The number of aryl methyl sites for hydroxylation is 1. The molecule has 1 fully saturated rings. The Hall–Kier alpha value is -2.10. The van der Waals surface area contributed by atoms with Crippen molar-refractivity contribution in [3.05, 3.63) is 42.2 Å². The minimum Gasteiger partial charge on any atom is -0.324 e. The van der Waals surface area contributed by atoms with Gasteiger partial charge in [-0.3, -0.25) is 14.2 Å². The number of halogens is 1. The number of benzene rings is 1. The molecule has 10 heteroatoms. The molecule has 3 N–H and O–H groups in total. The first-order valence-corrected chi connectivity index (χ1v) is 9.79. The van der Waals surface area contributed by atoms with Crippen molar-refractivity contribution in [1.82, 2.24) is 15.1 Å². The standard InChI is InChI=1S/C16H21N5O3S.ClH/c1-21-10-11(7-18-21)12-8-17-9-13(12)16(22)19-14-5-3-4-6-15(14)20-25(2,23)24;/h3-7,10,12-13,17,20H,8-9H2,1-2H3,(H,19,22);1H/t12-,13+;/m1./s1. The molecule has 8 nitrogen and oxygen atoms in total. The Kier molecular flexibility index (Phi) is 6.27. The molecule has 1 aliphatic heterocycles. The molecule has 0 aliphatic carbocycles. The van der Waals surface area contributed by atoms with Crippen LogP contribution in [0.4, 0.5) is 11.4 Å². The van der Waals surface area contributed by atoms with E-state index in [9.17, 15) is 13.2 Å². The molecule has 0 saturated carbocycles. The number of amides is 1. The van der Waals surface area contributed by atoms with Crippen LogP contribution in [-0.2, 0) is 21.9 Å². The summed E-state index contributed by atoms with van der Waals surface area (Å²) >= 11 is 0. The summed E-state index contributed by atoms with van der Waals surface area (Å²) in [4.78, 5) is 12.8. The van der Waals surface area contributed by atoms with Crippen LogP contribution in [0.3, 0.4) is 0 Å². The fourth-order valence-electron chi connectivity index (χ4n) is 3.04. The van der Waals surface area contributed by atoms with Crippen molar-refractivity contribution in [1.29, 1.82) is 0 Å². The Morgan fingerprint density at radius 3 is 2.58 bits per heavy atom. The van der Waals surface area contributed by atoms with Crippen LogP contribution in [0.2, 0.25) is 0 Å². The number of anilines is 2. The van der Waals surface area contributed by atoms with E-state index in [0.717, 1.165) is 11.8 Å². The van der Waals surface area contributed by atoms with E-state index in [4.69, 9.17) is 0 Å².